The van der Waals surface area contributed by atoms with E-state index in [-0.39, 0.29) is 13.2 Å². The summed E-state index contributed by atoms with van der Waals surface area (Å²) in [5, 5.41) is 84.8. The number of carbonyl (C=O) groups is 2. The molecule has 1 aromatic carbocycles. The summed E-state index contributed by atoms with van der Waals surface area (Å²) < 4.78 is 15.6. The van der Waals surface area contributed by atoms with Crippen LogP contribution in [0.25, 0.3) is 0 Å². The van der Waals surface area contributed by atoms with Gasteiger partial charge < -0.3 is 65.7 Å². The second-order valence-electron chi connectivity index (χ2n) is 10.4. The SMILES string of the molecule is O=C(NCCCCCCCCNC(=O)[C@H](O)[C@@H](O)[C@@H](O[C@@H]1OC(CO)[C@H](O)C(O)C1O)[C@H](O)CO)OCc1ccccc1. The minimum absolute atomic E-state index is 0.193. The number of alkyl carbamates (subject to hydrolysis) is 1. The predicted octanol–water partition coefficient (Wildman–Crippen LogP) is -2.37. The first-order valence-corrected chi connectivity index (χ1v) is 14.4. The molecule has 1 aliphatic heterocycles. The zero-order chi connectivity index (χ0) is 31.8. The number of hydrogen-bond donors (Lipinski definition) is 10. The number of nitrogens with one attached hydrogen (secondary N) is 2. The molecule has 3 unspecified atom stereocenters. The third-order valence-electron chi connectivity index (χ3n) is 7.02. The Balaban J connectivity index is 1.63. The standard InChI is InChI=1S/C28H46N2O13/c31-14-18(33)25(43-27-24(38)21(35)20(34)19(15-32)42-27)22(36)23(37)26(39)29-12-8-3-1-2-4-9-13-30-28(40)41-16-17-10-6-5-7-11-17/h5-7,10-11,18-25,27,31-38H,1-4,8-9,12-16H2,(H,29,39)(H,30,40)/t18-,19?,20+,21?,22-,23-,24?,25+,27+/m1/s1. The van der Waals surface area contributed by atoms with Gasteiger partial charge in [0, 0.05) is 13.1 Å². The number of benzene rings is 1. The normalized spacial score (nSPS) is 24.9. The number of aliphatic hydroxyl groups excluding tert-OH is 8. The molecule has 1 aliphatic rings. The minimum Gasteiger partial charge on any atom is -0.445 e. The average molecular weight is 619 g/mol. The predicted molar refractivity (Wildman–Crippen MR) is 149 cm³/mol. The summed E-state index contributed by atoms with van der Waals surface area (Å²) in [6.45, 7) is -0.814. The summed E-state index contributed by atoms with van der Waals surface area (Å²) in [5.74, 6) is -0.967. The van der Waals surface area contributed by atoms with Crippen LogP contribution in [0.1, 0.15) is 44.1 Å². The topological polar surface area (TPSA) is 248 Å². The molecule has 246 valence electrons. The Hall–Kier alpha value is -2.44. The van der Waals surface area contributed by atoms with E-state index in [1.165, 1.54) is 0 Å². The van der Waals surface area contributed by atoms with Crippen molar-refractivity contribution < 1.29 is 64.7 Å². The number of unbranched alkanes of at least 4 members (excludes halogenated alkanes) is 5. The summed E-state index contributed by atoms with van der Waals surface area (Å²) >= 11 is 0. The van der Waals surface area contributed by atoms with Crippen LogP contribution in [-0.4, -0.2) is 134 Å². The summed E-state index contributed by atoms with van der Waals surface area (Å²) in [7, 11) is 0. The van der Waals surface area contributed by atoms with E-state index in [0.29, 0.717) is 13.0 Å². The monoisotopic (exact) mass is 618 g/mol. The Bertz CT molecular complexity index is 925. The first-order chi connectivity index (χ1) is 20.6. The zero-order valence-electron chi connectivity index (χ0n) is 24.0. The molecule has 2 amide bonds. The molecular weight excluding hydrogens is 572 g/mol. The molecule has 1 aromatic rings. The Kier molecular flexibility index (Phi) is 16.9. The molecular formula is C28H46N2O13. The lowest BCUT2D eigenvalue weighted by Gasteiger charge is -2.42. The summed E-state index contributed by atoms with van der Waals surface area (Å²) in [6, 6.07) is 9.37. The van der Waals surface area contributed by atoms with Crippen molar-refractivity contribution in [3.8, 4) is 0 Å². The van der Waals surface area contributed by atoms with Gasteiger partial charge >= 0.3 is 6.09 Å². The zero-order valence-corrected chi connectivity index (χ0v) is 24.0. The second kappa shape index (κ2) is 19.8. The minimum atomic E-state index is -2.09. The van der Waals surface area contributed by atoms with Crippen LogP contribution in [0, 0.1) is 0 Å². The van der Waals surface area contributed by atoms with Crippen LogP contribution in [0.4, 0.5) is 4.79 Å². The van der Waals surface area contributed by atoms with Crippen LogP contribution >= 0.6 is 0 Å². The fourth-order valence-electron chi connectivity index (χ4n) is 4.41. The Morgan fingerprint density at radius 1 is 0.837 bits per heavy atom. The quantitative estimate of drug-likeness (QED) is 0.0729. The van der Waals surface area contributed by atoms with Crippen LogP contribution in [0.3, 0.4) is 0 Å². The van der Waals surface area contributed by atoms with Gasteiger partial charge in [0.2, 0.25) is 0 Å². The largest absolute Gasteiger partial charge is 0.445 e. The van der Waals surface area contributed by atoms with Crippen LogP contribution in [0.2, 0.25) is 0 Å². The van der Waals surface area contributed by atoms with E-state index < -0.39 is 80.3 Å². The van der Waals surface area contributed by atoms with Gasteiger partial charge in [-0.25, -0.2) is 4.79 Å². The third-order valence-corrected chi connectivity index (χ3v) is 7.02. The van der Waals surface area contributed by atoms with Crippen molar-refractivity contribution in [3.05, 3.63) is 35.9 Å². The van der Waals surface area contributed by atoms with Gasteiger partial charge in [0.25, 0.3) is 5.91 Å². The van der Waals surface area contributed by atoms with E-state index in [9.17, 15) is 50.4 Å². The molecule has 1 heterocycles. The fraction of sp³-hybridized carbons (Fsp3) is 0.714. The molecule has 0 saturated carbocycles. The molecule has 15 nitrogen and oxygen atoms in total. The first-order valence-electron chi connectivity index (χ1n) is 14.4. The molecule has 10 N–H and O–H groups in total. The Morgan fingerprint density at radius 3 is 2.05 bits per heavy atom. The van der Waals surface area contributed by atoms with Crippen molar-refractivity contribution in [1.29, 1.82) is 0 Å². The lowest BCUT2D eigenvalue weighted by atomic mass is 9.98. The lowest BCUT2D eigenvalue weighted by Crippen LogP contribution is -2.62. The van der Waals surface area contributed by atoms with Gasteiger partial charge in [-0.15, -0.1) is 0 Å². The van der Waals surface area contributed by atoms with E-state index in [4.69, 9.17) is 14.2 Å². The number of rotatable bonds is 19. The average Bonchev–Trinajstić information content (AvgIpc) is 3.02. The molecule has 0 aromatic heterocycles. The Labute approximate surface area is 250 Å². The maximum absolute atomic E-state index is 12.4. The van der Waals surface area contributed by atoms with Crippen molar-refractivity contribution in [3.63, 3.8) is 0 Å². The van der Waals surface area contributed by atoms with Gasteiger partial charge in [-0.05, 0) is 18.4 Å². The van der Waals surface area contributed by atoms with Gasteiger partial charge in [-0.1, -0.05) is 56.0 Å². The molecule has 2 rings (SSSR count). The smallest absolute Gasteiger partial charge is 0.407 e. The Morgan fingerprint density at radius 2 is 1.44 bits per heavy atom. The first kappa shape index (κ1) is 36.8. The third kappa shape index (κ3) is 12.2. The molecule has 0 aliphatic carbocycles. The molecule has 0 spiro atoms. The fourth-order valence-corrected chi connectivity index (χ4v) is 4.41. The van der Waals surface area contributed by atoms with Crippen LogP contribution in [0.5, 0.6) is 0 Å². The lowest BCUT2D eigenvalue weighted by molar-refractivity contribution is -0.326. The van der Waals surface area contributed by atoms with Gasteiger partial charge in [0.05, 0.1) is 13.2 Å². The van der Waals surface area contributed by atoms with Crippen LogP contribution in [0.15, 0.2) is 30.3 Å². The van der Waals surface area contributed by atoms with Gasteiger partial charge in [0.15, 0.2) is 12.4 Å². The number of hydrogen-bond acceptors (Lipinski definition) is 13. The van der Waals surface area contributed by atoms with Crippen molar-refractivity contribution in [2.75, 3.05) is 26.3 Å². The van der Waals surface area contributed by atoms with Crippen LogP contribution in [-0.2, 0) is 25.6 Å². The van der Waals surface area contributed by atoms with E-state index >= 15 is 0 Å². The maximum atomic E-state index is 12.4. The number of amides is 2. The van der Waals surface area contributed by atoms with E-state index in [0.717, 1.165) is 37.7 Å². The van der Waals surface area contributed by atoms with E-state index in [1.807, 2.05) is 30.3 Å². The van der Waals surface area contributed by atoms with Gasteiger partial charge in [-0.2, -0.15) is 0 Å². The van der Waals surface area contributed by atoms with E-state index in [1.54, 1.807) is 0 Å². The molecule has 43 heavy (non-hydrogen) atoms. The maximum Gasteiger partial charge on any atom is 0.407 e. The second-order valence-corrected chi connectivity index (χ2v) is 10.4. The van der Waals surface area contributed by atoms with Gasteiger partial charge in [0.1, 0.15) is 49.3 Å². The van der Waals surface area contributed by atoms with Crippen LogP contribution < -0.4 is 10.6 Å². The highest BCUT2D eigenvalue weighted by molar-refractivity contribution is 5.81. The molecule has 1 fully saturated rings. The molecule has 0 radical (unpaired) electrons. The summed E-state index contributed by atoms with van der Waals surface area (Å²) in [4.78, 5) is 24.1. The van der Waals surface area contributed by atoms with Gasteiger partial charge in [-0.3, -0.25) is 4.79 Å². The number of carbonyl (C=O) groups excluding carboxylic acids is 2. The van der Waals surface area contributed by atoms with E-state index in [2.05, 4.69) is 10.6 Å². The van der Waals surface area contributed by atoms with Crippen molar-refractivity contribution in [2.45, 2.75) is 100 Å². The number of aliphatic hydroxyl groups is 8. The molecule has 15 heteroatoms. The number of ether oxygens (including phenoxy) is 3. The highest BCUT2D eigenvalue weighted by atomic mass is 16.7. The van der Waals surface area contributed by atoms with Crippen molar-refractivity contribution in [1.82, 2.24) is 10.6 Å². The molecule has 9 atom stereocenters. The molecule has 0 bridgehead atoms. The molecule has 1 saturated heterocycles. The van der Waals surface area contributed by atoms with Crippen molar-refractivity contribution in [2.24, 2.45) is 0 Å². The van der Waals surface area contributed by atoms with Crippen molar-refractivity contribution >= 4 is 12.0 Å². The highest BCUT2D eigenvalue weighted by Gasteiger charge is 2.47. The summed E-state index contributed by atoms with van der Waals surface area (Å²) in [5.41, 5.74) is 0.907. The summed E-state index contributed by atoms with van der Waals surface area (Å²) in [6.07, 6.45) is -12.0. The highest BCUT2D eigenvalue weighted by Crippen LogP contribution is 2.25.